The van der Waals surface area contributed by atoms with Crippen LogP contribution in [0.2, 0.25) is 0 Å². The highest BCUT2D eigenvalue weighted by atomic mass is 19.3. The molecule has 0 unspecified atom stereocenters. The molecule has 0 radical (unpaired) electrons. The van der Waals surface area contributed by atoms with E-state index >= 15 is 0 Å². The molecule has 0 saturated carbocycles. The van der Waals surface area contributed by atoms with E-state index in [1.165, 1.54) is 0 Å². The molecule has 0 aromatic carbocycles. The zero-order chi connectivity index (χ0) is 9.61. The number of hydrogen-bond acceptors (Lipinski definition) is 2. The minimum Gasteiger partial charge on any atom is -0.477 e. The first kappa shape index (κ1) is 10.8. The quantitative estimate of drug-likeness (QED) is 0.469. The highest BCUT2D eigenvalue weighted by Gasteiger charge is 2.37. The highest BCUT2D eigenvalue weighted by molar-refractivity contribution is 5.75. The van der Waals surface area contributed by atoms with Gasteiger partial charge in [0.1, 0.15) is 0 Å². The molecule has 0 aliphatic heterocycles. The molecule has 0 fully saturated rings. The van der Waals surface area contributed by atoms with E-state index in [0.717, 1.165) is 0 Å². The van der Waals surface area contributed by atoms with Crippen molar-refractivity contribution < 1.29 is 18.7 Å². The molecule has 0 bridgehead atoms. The normalized spacial score (nSPS) is 10.8. The topological polar surface area (TPSA) is 49.3 Å². The van der Waals surface area contributed by atoms with Crippen LogP contribution in [-0.2, 0) is 4.79 Å². The van der Waals surface area contributed by atoms with Gasteiger partial charge in [0.15, 0.2) is 0 Å². The zero-order valence-electron chi connectivity index (χ0n) is 6.31. The number of halogens is 2. The largest absolute Gasteiger partial charge is 0.477 e. The monoisotopic (exact) mass is 177 g/mol. The number of carboxylic acid groups (broad SMARTS) is 1. The molecule has 0 atom stereocenters. The molecule has 12 heavy (non-hydrogen) atoms. The Labute approximate surface area is 68.8 Å². The summed E-state index contributed by atoms with van der Waals surface area (Å²) < 4.78 is 24.5. The molecule has 2 N–H and O–H groups in total. The minimum atomic E-state index is -3.71. The number of hydrogen-bond donors (Lipinski definition) is 2. The second-order valence-corrected chi connectivity index (χ2v) is 2.14. The third kappa shape index (κ3) is 3.88. The number of rotatable bonds is 5. The molecular weight excluding hydrogens is 168 g/mol. The average Bonchev–Trinajstić information content (AvgIpc) is 1.98. The van der Waals surface area contributed by atoms with Gasteiger partial charge in [-0.25, -0.2) is 4.79 Å². The van der Waals surface area contributed by atoms with Crippen LogP contribution in [0.15, 0.2) is 0 Å². The third-order valence-electron chi connectivity index (χ3n) is 1.11. The van der Waals surface area contributed by atoms with Crippen LogP contribution in [0.1, 0.15) is 6.42 Å². The van der Waals surface area contributed by atoms with Gasteiger partial charge in [0, 0.05) is 13.0 Å². The maximum Gasteiger partial charge on any atom is 0.375 e. The van der Waals surface area contributed by atoms with E-state index in [1.54, 1.807) is 0 Å². The number of carboxylic acids is 1. The Morgan fingerprint density at radius 2 is 2.25 bits per heavy atom. The molecule has 0 aromatic heterocycles. The summed E-state index contributed by atoms with van der Waals surface area (Å²) in [4.78, 5) is 9.85. The van der Waals surface area contributed by atoms with Crippen molar-refractivity contribution >= 4 is 5.97 Å². The van der Waals surface area contributed by atoms with E-state index in [2.05, 4.69) is 11.2 Å². The summed E-state index contributed by atoms with van der Waals surface area (Å²) in [6.07, 6.45) is 5.15. The second kappa shape index (κ2) is 4.67. The van der Waals surface area contributed by atoms with E-state index in [0.29, 0.717) is 6.42 Å². The molecule has 0 amide bonds. The predicted molar refractivity (Wildman–Crippen MR) is 38.9 cm³/mol. The molecule has 0 aliphatic rings. The van der Waals surface area contributed by atoms with Gasteiger partial charge >= 0.3 is 11.9 Å². The average molecular weight is 177 g/mol. The number of carbonyl (C=O) groups is 1. The first-order chi connectivity index (χ1) is 5.50. The van der Waals surface area contributed by atoms with Crippen LogP contribution >= 0.6 is 0 Å². The molecule has 5 heteroatoms. The van der Waals surface area contributed by atoms with E-state index in [4.69, 9.17) is 11.5 Å². The van der Waals surface area contributed by atoms with Gasteiger partial charge in [-0.1, -0.05) is 0 Å². The summed E-state index contributed by atoms with van der Waals surface area (Å²) in [6, 6.07) is 0. The van der Waals surface area contributed by atoms with Gasteiger partial charge in [-0.2, -0.15) is 8.78 Å². The molecule has 3 nitrogen and oxygen atoms in total. The van der Waals surface area contributed by atoms with Crippen LogP contribution in [0.3, 0.4) is 0 Å². The van der Waals surface area contributed by atoms with Gasteiger partial charge in [0.05, 0.1) is 6.54 Å². The van der Waals surface area contributed by atoms with Crippen molar-refractivity contribution in [2.24, 2.45) is 0 Å². The highest BCUT2D eigenvalue weighted by Crippen LogP contribution is 2.11. The van der Waals surface area contributed by atoms with Crippen molar-refractivity contribution in [2.75, 3.05) is 13.1 Å². The van der Waals surface area contributed by atoms with Crippen LogP contribution in [-0.4, -0.2) is 30.1 Å². The summed E-state index contributed by atoms with van der Waals surface area (Å²) in [7, 11) is 0. The molecular formula is C7H9F2NO2. The standard InChI is InChI=1S/C7H9F2NO2/c1-2-3-4-10-5-7(8,9)6(11)12/h1,10H,3-5H2,(H,11,12). The summed E-state index contributed by atoms with van der Waals surface area (Å²) in [6.45, 7) is -0.691. The number of alkyl halides is 2. The fourth-order valence-corrected chi connectivity index (χ4v) is 0.482. The van der Waals surface area contributed by atoms with Crippen LogP contribution < -0.4 is 5.32 Å². The SMILES string of the molecule is C#CCCNCC(F)(F)C(=O)O. The minimum absolute atomic E-state index is 0.194. The summed E-state index contributed by atoms with van der Waals surface area (Å²) in [5.74, 6) is -3.61. The van der Waals surface area contributed by atoms with E-state index in [1.807, 2.05) is 0 Å². The fraction of sp³-hybridized carbons (Fsp3) is 0.571. The molecule has 0 heterocycles. The Kier molecular flexibility index (Phi) is 4.22. The van der Waals surface area contributed by atoms with E-state index in [9.17, 15) is 13.6 Å². The lowest BCUT2D eigenvalue weighted by Crippen LogP contribution is -2.40. The molecule has 0 rings (SSSR count). The van der Waals surface area contributed by atoms with Crippen molar-refractivity contribution in [3.63, 3.8) is 0 Å². The lowest BCUT2D eigenvalue weighted by Gasteiger charge is -2.10. The van der Waals surface area contributed by atoms with Crippen LogP contribution in [0, 0.1) is 12.3 Å². The second-order valence-electron chi connectivity index (χ2n) is 2.14. The Morgan fingerprint density at radius 3 is 2.67 bits per heavy atom. The molecule has 0 saturated heterocycles. The van der Waals surface area contributed by atoms with Gasteiger partial charge < -0.3 is 10.4 Å². The smallest absolute Gasteiger partial charge is 0.375 e. The van der Waals surface area contributed by atoms with E-state index < -0.39 is 18.4 Å². The Hall–Kier alpha value is -1.15. The number of nitrogens with one attached hydrogen (secondary N) is 1. The first-order valence-electron chi connectivity index (χ1n) is 3.26. The Morgan fingerprint density at radius 1 is 1.67 bits per heavy atom. The Bertz CT molecular complexity index is 198. The van der Waals surface area contributed by atoms with Crippen molar-refractivity contribution in [2.45, 2.75) is 12.3 Å². The molecule has 68 valence electrons. The lowest BCUT2D eigenvalue weighted by molar-refractivity contribution is -0.163. The van der Waals surface area contributed by atoms with E-state index in [-0.39, 0.29) is 6.54 Å². The molecule has 0 spiro atoms. The van der Waals surface area contributed by atoms with Crippen molar-refractivity contribution in [3.05, 3.63) is 0 Å². The summed E-state index contributed by atoms with van der Waals surface area (Å²) in [5.41, 5.74) is 0. The van der Waals surface area contributed by atoms with Crippen LogP contribution in [0.25, 0.3) is 0 Å². The van der Waals surface area contributed by atoms with Gasteiger partial charge in [-0.3, -0.25) is 0 Å². The fourth-order valence-electron chi connectivity index (χ4n) is 0.482. The maximum absolute atomic E-state index is 12.3. The lowest BCUT2D eigenvalue weighted by atomic mass is 10.3. The molecule has 0 aliphatic carbocycles. The number of aliphatic carboxylic acids is 1. The van der Waals surface area contributed by atoms with Crippen molar-refractivity contribution in [1.82, 2.24) is 5.32 Å². The van der Waals surface area contributed by atoms with Gasteiger partial charge in [0.25, 0.3) is 0 Å². The number of terminal acetylenes is 1. The van der Waals surface area contributed by atoms with Gasteiger partial charge in [-0.05, 0) is 0 Å². The third-order valence-corrected chi connectivity index (χ3v) is 1.11. The maximum atomic E-state index is 12.3. The molecule has 0 aromatic rings. The van der Waals surface area contributed by atoms with Gasteiger partial charge in [0.2, 0.25) is 0 Å². The first-order valence-corrected chi connectivity index (χ1v) is 3.26. The van der Waals surface area contributed by atoms with Crippen molar-refractivity contribution in [1.29, 1.82) is 0 Å². The predicted octanol–water partition coefficient (Wildman–Crippen LogP) is 0.319. The van der Waals surface area contributed by atoms with Crippen LogP contribution in [0.5, 0.6) is 0 Å². The summed E-state index contributed by atoms with van der Waals surface area (Å²) in [5, 5.41) is 10.2. The van der Waals surface area contributed by atoms with Gasteiger partial charge in [-0.15, -0.1) is 12.3 Å². The van der Waals surface area contributed by atoms with Crippen molar-refractivity contribution in [3.8, 4) is 12.3 Å². The summed E-state index contributed by atoms with van der Waals surface area (Å²) >= 11 is 0. The van der Waals surface area contributed by atoms with Crippen LogP contribution in [0.4, 0.5) is 8.78 Å². The Balaban J connectivity index is 3.63. The zero-order valence-corrected chi connectivity index (χ0v) is 6.31.